The van der Waals surface area contributed by atoms with Crippen LogP contribution in [0.4, 0.5) is 0 Å². The number of likely N-dealkylation sites (tertiary alicyclic amines) is 1. The largest absolute Gasteiger partial charge is 0.473 e. The standard InChI is InChI=1S/C17H19N7O2S/c1-23-17(20-21-22-23)27-11-16(25)24-8-6-12(7-9-24)26-15-10-18-13-4-2-3-5-14(13)19-15/h2-5,10,12H,6-9,11H2,1H3. The van der Waals surface area contributed by atoms with Crippen molar-refractivity contribution in [3.63, 3.8) is 0 Å². The molecule has 1 fully saturated rings. The van der Waals surface area contributed by atoms with Crippen molar-refractivity contribution in [3.8, 4) is 5.88 Å². The molecular formula is C17H19N7O2S. The van der Waals surface area contributed by atoms with Crippen LogP contribution in [0.5, 0.6) is 5.88 Å². The molecule has 10 heteroatoms. The Morgan fingerprint density at radius 1 is 1.26 bits per heavy atom. The molecule has 27 heavy (non-hydrogen) atoms. The van der Waals surface area contributed by atoms with Crippen LogP contribution >= 0.6 is 11.8 Å². The number of nitrogens with zero attached hydrogens (tertiary/aromatic N) is 7. The molecule has 1 aromatic carbocycles. The zero-order valence-corrected chi connectivity index (χ0v) is 15.7. The van der Waals surface area contributed by atoms with Gasteiger partial charge in [0.25, 0.3) is 0 Å². The number of ether oxygens (including phenoxy) is 1. The number of fused-ring (bicyclic) bond motifs is 1. The van der Waals surface area contributed by atoms with E-state index in [-0.39, 0.29) is 12.0 Å². The second-order valence-electron chi connectivity index (χ2n) is 6.27. The molecule has 0 bridgehead atoms. The van der Waals surface area contributed by atoms with E-state index in [2.05, 4.69) is 25.5 Å². The molecule has 2 aromatic heterocycles. The summed E-state index contributed by atoms with van der Waals surface area (Å²) in [5.41, 5.74) is 1.67. The Kier molecular flexibility index (Phi) is 5.14. The highest BCUT2D eigenvalue weighted by Crippen LogP contribution is 2.20. The molecule has 1 aliphatic heterocycles. The lowest BCUT2D eigenvalue weighted by Crippen LogP contribution is -2.42. The van der Waals surface area contributed by atoms with Crippen molar-refractivity contribution in [1.82, 2.24) is 35.1 Å². The predicted octanol–water partition coefficient (Wildman–Crippen LogP) is 1.32. The minimum Gasteiger partial charge on any atom is -0.473 e. The highest BCUT2D eigenvalue weighted by Gasteiger charge is 2.24. The molecule has 140 valence electrons. The second kappa shape index (κ2) is 7.87. The molecule has 1 saturated heterocycles. The molecule has 0 aliphatic carbocycles. The Morgan fingerprint density at radius 3 is 2.78 bits per heavy atom. The zero-order valence-electron chi connectivity index (χ0n) is 14.9. The number of tetrazole rings is 1. The highest BCUT2D eigenvalue weighted by molar-refractivity contribution is 7.99. The van der Waals surface area contributed by atoms with Gasteiger partial charge >= 0.3 is 0 Å². The third-order valence-corrected chi connectivity index (χ3v) is 5.41. The number of aromatic nitrogens is 6. The van der Waals surface area contributed by atoms with E-state index in [4.69, 9.17) is 4.74 Å². The van der Waals surface area contributed by atoms with Crippen molar-refractivity contribution in [2.45, 2.75) is 24.1 Å². The summed E-state index contributed by atoms with van der Waals surface area (Å²) in [5, 5.41) is 11.8. The lowest BCUT2D eigenvalue weighted by molar-refractivity contribution is -0.130. The van der Waals surface area contributed by atoms with Crippen LogP contribution in [0.25, 0.3) is 11.0 Å². The van der Waals surface area contributed by atoms with Gasteiger partial charge in [0.05, 0.1) is 23.0 Å². The molecule has 0 atom stereocenters. The van der Waals surface area contributed by atoms with E-state index in [9.17, 15) is 4.79 Å². The topological polar surface area (TPSA) is 98.9 Å². The van der Waals surface area contributed by atoms with Crippen molar-refractivity contribution < 1.29 is 9.53 Å². The summed E-state index contributed by atoms with van der Waals surface area (Å²) < 4.78 is 7.54. The minimum atomic E-state index is 0.0418. The first-order valence-electron chi connectivity index (χ1n) is 8.70. The first kappa shape index (κ1) is 17.7. The Morgan fingerprint density at radius 2 is 2.04 bits per heavy atom. The number of carbonyl (C=O) groups is 1. The molecule has 0 spiro atoms. The fourth-order valence-corrected chi connectivity index (χ4v) is 3.70. The van der Waals surface area contributed by atoms with Gasteiger partial charge in [-0.15, -0.1) is 5.10 Å². The molecule has 1 amide bonds. The quantitative estimate of drug-likeness (QED) is 0.606. The lowest BCUT2D eigenvalue weighted by atomic mass is 10.1. The number of benzene rings is 1. The van der Waals surface area contributed by atoms with Gasteiger partial charge in [-0.2, -0.15) is 0 Å². The van der Waals surface area contributed by atoms with Crippen LogP contribution in [0.3, 0.4) is 0 Å². The smallest absolute Gasteiger partial charge is 0.233 e. The van der Waals surface area contributed by atoms with Crippen molar-refractivity contribution in [2.75, 3.05) is 18.8 Å². The normalized spacial score (nSPS) is 15.2. The number of aryl methyl sites for hydroxylation is 1. The van der Waals surface area contributed by atoms with Crippen LogP contribution in [0.2, 0.25) is 0 Å². The van der Waals surface area contributed by atoms with Gasteiger partial charge in [-0.3, -0.25) is 4.79 Å². The molecule has 9 nitrogen and oxygen atoms in total. The number of amides is 1. The molecule has 3 heterocycles. The molecule has 0 radical (unpaired) electrons. The molecule has 0 unspecified atom stereocenters. The first-order valence-corrected chi connectivity index (χ1v) is 9.69. The van der Waals surface area contributed by atoms with Crippen molar-refractivity contribution >= 4 is 28.7 Å². The molecule has 0 saturated carbocycles. The number of hydrogen-bond donors (Lipinski definition) is 0. The monoisotopic (exact) mass is 385 g/mol. The van der Waals surface area contributed by atoms with Crippen LogP contribution in [0, 0.1) is 0 Å². The van der Waals surface area contributed by atoms with Gasteiger partial charge in [-0.05, 0) is 22.6 Å². The summed E-state index contributed by atoms with van der Waals surface area (Å²) in [7, 11) is 1.76. The van der Waals surface area contributed by atoms with E-state index in [0.29, 0.717) is 29.9 Å². The fourth-order valence-electron chi connectivity index (χ4n) is 2.95. The summed E-state index contributed by atoms with van der Waals surface area (Å²) in [6, 6.07) is 7.70. The van der Waals surface area contributed by atoms with Gasteiger partial charge in [-0.1, -0.05) is 23.9 Å². The predicted molar refractivity (Wildman–Crippen MR) is 99.3 cm³/mol. The lowest BCUT2D eigenvalue weighted by Gasteiger charge is -2.31. The number of carbonyl (C=O) groups excluding carboxylic acids is 1. The van der Waals surface area contributed by atoms with Crippen LogP contribution in [0.15, 0.2) is 35.6 Å². The summed E-state index contributed by atoms with van der Waals surface area (Å²) in [5.74, 6) is 0.950. The fraction of sp³-hybridized carbons (Fsp3) is 0.412. The highest BCUT2D eigenvalue weighted by atomic mass is 32.2. The first-order chi connectivity index (χ1) is 13.2. The number of hydrogen-bond acceptors (Lipinski definition) is 8. The van der Waals surface area contributed by atoms with Crippen molar-refractivity contribution in [3.05, 3.63) is 30.5 Å². The van der Waals surface area contributed by atoms with Crippen LogP contribution in [-0.2, 0) is 11.8 Å². The van der Waals surface area contributed by atoms with Gasteiger partial charge in [0.15, 0.2) is 0 Å². The third kappa shape index (κ3) is 4.16. The number of rotatable bonds is 5. The Labute approximate surface area is 160 Å². The molecule has 0 N–H and O–H groups in total. The Bertz CT molecular complexity index is 940. The van der Waals surface area contributed by atoms with E-state index in [1.165, 1.54) is 11.8 Å². The molecule has 1 aliphatic rings. The van der Waals surface area contributed by atoms with E-state index >= 15 is 0 Å². The van der Waals surface area contributed by atoms with E-state index < -0.39 is 0 Å². The van der Waals surface area contributed by atoms with Gasteiger partial charge in [-0.25, -0.2) is 14.6 Å². The van der Waals surface area contributed by atoms with Crippen LogP contribution < -0.4 is 4.74 Å². The maximum atomic E-state index is 12.4. The third-order valence-electron chi connectivity index (χ3n) is 4.41. The SMILES string of the molecule is Cn1nnnc1SCC(=O)N1CCC(Oc2cnc3ccccc3n2)CC1. The summed E-state index contributed by atoms with van der Waals surface area (Å²) in [4.78, 5) is 23.1. The Hall–Kier alpha value is -2.75. The molecular weight excluding hydrogens is 366 g/mol. The Balaban J connectivity index is 1.28. The average molecular weight is 385 g/mol. The van der Waals surface area contributed by atoms with Crippen molar-refractivity contribution in [1.29, 1.82) is 0 Å². The maximum absolute atomic E-state index is 12.4. The second-order valence-corrected chi connectivity index (χ2v) is 7.21. The number of para-hydroxylation sites is 2. The van der Waals surface area contributed by atoms with Gasteiger partial charge in [0.1, 0.15) is 6.10 Å². The summed E-state index contributed by atoms with van der Waals surface area (Å²) in [6.45, 7) is 1.34. The van der Waals surface area contributed by atoms with Gasteiger partial charge in [0.2, 0.25) is 16.9 Å². The van der Waals surface area contributed by atoms with Crippen molar-refractivity contribution in [2.24, 2.45) is 7.05 Å². The van der Waals surface area contributed by atoms with Crippen LogP contribution in [-0.4, -0.2) is 65.9 Å². The summed E-state index contributed by atoms with van der Waals surface area (Å²) >= 11 is 1.35. The average Bonchev–Trinajstić information content (AvgIpc) is 3.11. The van der Waals surface area contributed by atoms with E-state index in [0.717, 1.165) is 23.9 Å². The molecule has 4 rings (SSSR count). The van der Waals surface area contributed by atoms with Gasteiger partial charge < -0.3 is 9.64 Å². The summed E-state index contributed by atoms with van der Waals surface area (Å²) in [6.07, 6.45) is 3.25. The minimum absolute atomic E-state index is 0.0418. The van der Waals surface area contributed by atoms with E-state index in [1.807, 2.05) is 29.2 Å². The van der Waals surface area contributed by atoms with Gasteiger partial charge in [0, 0.05) is 33.0 Å². The number of thioether (sulfide) groups is 1. The zero-order chi connectivity index (χ0) is 18.6. The molecule has 3 aromatic rings. The maximum Gasteiger partial charge on any atom is 0.233 e. The van der Waals surface area contributed by atoms with Crippen LogP contribution in [0.1, 0.15) is 12.8 Å². The van der Waals surface area contributed by atoms with E-state index in [1.54, 1.807) is 17.9 Å². The number of piperidine rings is 1.